The standard InChI is InChI=1S/C19H35N3O2/c1-2-24-18(16-7-3-4-8-16)10-11-20-19(23)22-14-6-13-21-12-5-9-17(21)15-22/h16-18H,2-15H2,1H3,(H,20,23)/t17-,18-/m1/s1. The fraction of sp³-hybridized carbons (Fsp3) is 0.947. The van der Waals surface area contributed by atoms with Crippen LogP contribution in [0.4, 0.5) is 4.79 Å². The first-order valence-corrected chi connectivity index (χ1v) is 10.2. The molecule has 2 saturated heterocycles. The van der Waals surface area contributed by atoms with Gasteiger partial charge in [0.15, 0.2) is 0 Å². The average molecular weight is 338 g/mol. The molecule has 0 aromatic carbocycles. The summed E-state index contributed by atoms with van der Waals surface area (Å²) >= 11 is 0. The van der Waals surface area contributed by atoms with Gasteiger partial charge in [-0.1, -0.05) is 12.8 Å². The Morgan fingerprint density at radius 2 is 1.92 bits per heavy atom. The Hall–Kier alpha value is -0.810. The zero-order valence-corrected chi connectivity index (χ0v) is 15.3. The van der Waals surface area contributed by atoms with E-state index in [0.717, 1.165) is 45.6 Å². The second kappa shape index (κ2) is 9.04. The van der Waals surface area contributed by atoms with E-state index in [2.05, 4.69) is 17.1 Å². The number of rotatable bonds is 6. The fourth-order valence-corrected chi connectivity index (χ4v) is 4.82. The summed E-state index contributed by atoms with van der Waals surface area (Å²) in [5, 5.41) is 3.16. The maximum atomic E-state index is 12.6. The molecule has 0 aromatic heterocycles. The highest BCUT2D eigenvalue weighted by atomic mass is 16.5. The molecule has 0 aromatic rings. The lowest BCUT2D eigenvalue weighted by atomic mass is 9.98. The van der Waals surface area contributed by atoms with Crippen LogP contribution in [0.1, 0.15) is 58.3 Å². The van der Waals surface area contributed by atoms with Gasteiger partial charge in [-0.25, -0.2) is 4.79 Å². The van der Waals surface area contributed by atoms with Crippen molar-refractivity contribution in [3.05, 3.63) is 0 Å². The van der Waals surface area contributed by atoms with Crippen molar-refractivity contribution in [2.24, 2.45) is 5.92 Å². The summed E-state index contributed by atoms with van der Waals surface area (Å²) in [7, 11) is 0. The van der Waals surface area contributed by atoms with E-state index in [1.165, 1.54) is 45.1 Å². The third-order valence-electron chi connectivity index (χ3n) is 6.10. The van der Waals surface area contributed by atoms with E-state index in [4.69, 9.17) is 4.74 Å². The predicted octanol–water partition coefficient (Wildman–Crippen LogP) is 2.85. The van der Waals surface area contributed by atoms with Crippen LogP contribution in [0.3, 0.4) is 0 Å². The molecule has 3 aliphatic rings. The first-order chi connectivity index (χ1) is 11.8. The largest absolute Gasteiger partial charge is 0.378 e. The molecule has 0 spiro atoms. The maximum Gasteiger partial charge on any atom is 0.317 e. The summed E-state index contributed by atoms with van der Waals surface area (Å²) in [4.78, 5) is 17.2. The Morgan fingerprint density at radius 1 is 1.12 bits per heavy atom. The first kappa shape index (κ1) is 18.0. The number of nitrogens with one attached hydrogen (secondary N) is 1. The van der Waals surface area contributed by atoms with Crippen molar-refractivity contribution in [1.82, 2.24) is 15.1 Å². The van der Waals surface area contributed by atoms with Crippen molar-refractivity contribution in [1.29, 1.82) is 0 Å². The molecule has 138 valence electrons. The monoisotopic (exact) mass is 337 g/mol. The third-order valence-corrected chi connectivity index (χ3v) is 6.10. The van der Waals surface area contributed by atoms with Gasteiger partial charge in [0.05, 0.1) is 6.10 Å². The van der Waals surface area contributed by atoms with Crippen molar-refractivity contribution in [3.63, 3.8) is 0 Å². The number of amides is 2. The maximum absolute atomic E-state index is 12.6. The Balaban J connectivity index is 1.42. The van der Waals surface area contributed by atoms with E-state index in [1.807, 2.05) is 4.90 Å². The molecular weight excluding hydrogens is 302 g/mol. The van der Waals surface area contributed by atoms with E-state index in [0.29, 0.717) is 18.1 Å². The van der Waals surface area contributed by atoms with E-state index >= 15 is 0 Å². The lowest BCUT2D eigenvalue weighted by Gasteiger charge is -2.27. The number of fused-ring (bicyclic) bond motifs is 1. The Labute approximate surface area is 147 Å². The molecule has 0 bridgehead atoms. The SMILES string of the molecule is CCO[C@H](CCNC(=O)N1CCCN2CCC[C@@H]2C1)C1CCCC1. The topological polar surface area (TPSA) is 44.8 Å². The molecule has 2 aliphatic heterocycles. The van der Waals surface area contributed by atoms with Gasteiger partial charge in [-0.15, -0.1) is 0 Å². The quantitative estimate of drug-likeness (QED) is 0.810. The third kappa shape index (κ3) is 4.63. The molecule has 2 heterocycles. The minimum Gasteiger partial charge on any atom is -0.378 e. The highest BCUT2D eigenvalue weighted by Gasteiger charge is 2.30. The highest BCUT2D eigenvalue weighted by Crippen LogP contribution is 2.30. The minimum absolute atomic E-state index is 0.130. The summed E-state index contributed by atoms with van der Waals surface area (Å²) < 4.78 is 5.96. The summed E-state index contributed by atoms with van der Waals surface area (Å²) in [6, 6.07) is 0.721. The molecule has 1 N–H and O–H groups in total. The second-order valence-corrected chi connectivity index (χ2v) is 7.69. The van der Waals surface area contributed by atoms with Crippen LogP contribution in [0.5, 0.6) is 0 Å². The van der Waals surface area contributed by atoms with Crippen LogP contribution in [0, 0.1) is 5.92 Å². The van der Waals surface area contributed by atoms with Crippen molar-refractivity contribution in [2.45, 2.75) is 70.4 Å². The van der Waals surface area contributed by atoms with Crippen LogP contribution in [-0.2, 0) is 4.74 Å². The number of ether oxygens (including phenoxy) is 1. The highest BCUT2D eigenvalue weighted by molar-refractivity contribution is 5.74. The number of carbonyl (C=O) groups is 1. The molecule has 2 atom stereocenters. The predicted molar refractivity (Wildman–Crippen MR) is 96.2 cm³/mol. The number of nitrogens with zero attached hydrogens (tertiary/aromatic N) is 2. The summed E-state index contributed by atoms with van der Waals surface area (Å²) in [5.41, 5.74) is 0. The summed E-state index contributed by atoms with van der Waals surface area (Å²) in [6.45, 7) is 7.77. The van der Waals surface area contributed by atoms with Crippen LogP contribution < -0.4 is 5.32 Å². The molecule has 3 rings (SSSR count). The van der Waals surface area contributed by atoms with Gasteiger partial charge in [0, 0.05) is 38.8 Å². The van der Waals surface area contributed by atoms with Gasteiger partial charge < -0.3 is 15.0 Å². The molecule has 1 saturated carbocycles. The molecule has 3 fully saturated rings. The molecule has 5 heteroatoms. The first-order valence-electron chi connectivity index (χ1n) is 10.2. The van der Waals surface area contributed by atoms with Crippen LogP contribution in [0.15, 0.2) is 0 Å². The van der Waals surface area contributed by atoms with Crippen LogP contribution >= 0.6 is 0 Å². The van der Waals surface area contributed by atoms with E-state index in [-0.39, 0.29) is 6.03 Å². The second-order valence-electron chi connectivity index (χ2n) is 7.69. The lowest BCUT2D eigenvalue weighted by molar-refractivity contribution is 0.0165. The molecule has 2 amide bonds. The zero-order chi connectivity index (χ0) is 16.8. The van der Waals surface area contributed by atoms with Gasteiger partial charge >= 0.3 is 6.03 Å². The molecule has 0 unspecified atom stereocenters. The Kier molecular flexibility index (Phi) is 6.78. The summed E-state index contributed by atoms with van der Waals surface area (Å²) in [6.07, 6.45) is 10.2. The van der Waals surface area contributed by atoms with Gasteiger partial charge in [0.25, 0.3) is 0 Å². The Bertz CT molecular complexity index is 398. The molecule has 5 nitrogen and oxygen atoms in total. The fourth-order valence-electron chi connectivity index (χ4n) is 4.82. The van der Waals surface area contributed by atoms with Gasteiger partial charge in [-0.3, -0.25) is 4.90 Å². The van der Waals surface area contributed by atoms with Gasteiger partial charge in [-0.2, -0.15) is 0 Å². The number of hydrogen-bond donors (Lipinski definition) is 1. The zero-order valence-electron chi connectivity index (χ0n) is 15.3. The van der Waals surface area contributed by atoms with Crippen LogP contribution in [-0.4, -0.2) is 67.3 Å². The summed E-state index contributed by atoms with van der Waals surface area (Å²) in [5.74, 6) is 0.701. The van der Waals surface area contributed by atoms with Crippen molar-refractivity contribution in [3.8, 4) is 0 Å². The average Bonchev–Trinajstić information content (AvgIpc) is 3.22. The van der Waals surface area contributed by atoms with Crippen molar-refractivity contribution >= 4 is 6.03 Å². The lowest BCUT2D eigenvalue weighted by Crippen LogP contribution is -2.45. The molecule has 24 heavy (non-hydrogen) atoms. The number of hydrogen-bond acceptors (Lipinski definition) is 3. The molecule has 0 radical (unpaired) electrons. The van der Waals surface area contributed by atoms with Gasteiger partial charge in [-0.05, 0) is 57.9 Å². The van der Waals surface area contributed by atoms with Crippen LogP contribution in [0.25, 0.3) is 0 Å². The van der Waals surface area contributed by atoms with Crippen molar-refractivity contribution < 1.29 is 9.53 Å². The van der Waals surface area contributed by atoms with Crippen molar-refractivity contribution in [2.75, 3.05) is 39.3 Å². The molecular formula is C19H35N3O2. The van der Waals surface area contributed by atoms with E-state index < -0.39 is 0 Å². The Morgan fingerprint density at radius 3 is 2.71 bits per heavy atom. The van der Waals surface area contributed by atoms with Crippen LogP contribution in [0.2, 0.25) is 0 Å². The van der Waals surface area contributed by atoms with E-state index in [1.54, 1.807) is 0 Å². The van der Waals surface area contributed by atoms with E-state index in [9.17, 15) is 4.79 Å². The smallest absolute Gasteiger partial charge is 0.317 e. The van der Waals surface area contributed by atoms with Gasteiger partial charge in [0.1, 0.15) is 0 Å². The number of urea groups is 1. The number of carbonyl (C=O) groups excluding carboxylic acids is 1. The minimum atomic E-state index is 0.130. The molecule has 1 aliphatic carbocycles. The normalized spacial score (nSPS) is 27.0. The van der Waals surface area contributed by atoms with Gasteiger partial charge in [0.2, 0.25) is 0 Å².